The first-order valence-corrected chi connectivity index (χ1v) is 11.7. The number of thiocarbonyl (C=S) groups is 1. The zero-order valence-electron chi connectivity index (χ0n) is 19.0. The Hall–Kier alpha value is -3.96. The SMILES string of the molecule is COc1cc(/C=C2\C(=O)NC(=S)N(c3ccc(Br)cc3C)C2=O)ccc1OCc1ccc(C(=O)O)o1. The number of hydrogen-bond acceptors (Lipinski definition) is 7. The summed E-state index contributed by atoms with van der Waals surface area (Å²) >= 11 is 8.67. The van der Waals surface area contributed by atoms with Crippen molar-refractivity contribution in [3.8, 4) is 11.5 Å². The second-order valence-electron chi connectivity index (χ2n) is 7.66. The number of carboxylic acids is 1. The zero-order chi connectivity index (χ0) is 26.0. The van der Waals surface area contributed by atoms with Crippen LogP contribution in [0.25, 0.3) is 6.08 Å². The molecule has 2 aromatic carbocycles. The van der Waals surface area contributed by atoms with E-state index in [0.717, 1.165) is 10.0 Å². The first-order chi connectivity index (χ1) is 17.2. The number of aryl methyl sites for hydroxylation is 1. The Morgan fingerprint density at radius 1 is 1.17 bits per heavy atom. The third-order valence-electron chi connectivity index (χ3n) is 5.24. The van der Waals surface area contributed by atoms with Crippen molar-refractivity contribution in [1.82, 2.24) is 5.32 Å². The third-order valence-corrected chi connectivity index (χ3v) is 6.02. The van der Waals surface area contributed by atoms with Gasteiger partial charge in [-0.05, 0) is 78.8 Å². The fraction of sp³-hybridized carbons (Fsp3) is 0.120. The van der Waals surface area contributed by atoms with Gasteiger partial charge in [0, 0.05) is 4.47 Å². The van der Waals surface area contributed by atoms with Crippen LogP contribution in [0.2, 0.25) is 0 Å². The highest BCUT2D eigenvalue weighted by Gasteiger charge is 2.35. The van der Waals surface area contributed by atoms with Crippen molar-refractivity contribution in [1.29, 1.82) is 0 Å². The van der Waals surface area contributed by atoms with Crippen molar-refractivity contribution in [2.24, 2.45) is 0 Å². The van der Waals surface area contributed by atoms with Gasteiger partial charge < -0.3 is 19.0 Å². The summed E-state index contributed by atoms with van der Waals surface area (Å²) in [7, 11) is 1.45. The largest absolute Gasteiger partial charge is 0.493 e. The van der Waals surface area contributed by atoms with Gasteiger partial charge in [-0.2, -0.15) is 0 Å². The maximum Gasteiger partial charge on any atom is 0.371 e. The van der Waals surface area contributed by atoms with Gasteiger partial charge in [-0.25, -0.2) is 4.79 Å². The lowest BCUT2D eigenvalue weighted by Gasteiger charge is -2.30. The van der Waals surface area contributed by atoms with Crippen LogP contribution in [0.4, 0.5) is 5.69 Å². The standard InChI is InChI=1S/C25H19BrN2O7S/c1-13-9-15(26)4-6-18(13)28-23(30)17(22(29)27-25(28)36)10-14-3-7-19(21(11-14)33-2)34-12-16-5-8-20(35-16)24(31)32/h3-11H,12H2,1-2H3,(H,31,32)(H,27,29,36)/b17-10+. The number of methoxy groups -OCH3 is 1. The van der Waals surface area contributed by atoms with Gasteiger partial charge in [0.2, 0.25) is 5.76 Å². The number of hydrogen-bond donors (Lipinski definition) is 2. The van der Waals surface area contributed by atoms with Crippen LogP contribution in [0, 0.1) is 6.92 Å². The van der Waals surface area contributed by atoms with Gasteiger partial charge in [0.25, 0.3) is 11.8 Å². The van der Waals surface area contributed by atoms with E-state index in [1.54, 1.807) is 30.3 Å². The maximum absolute atomic E-state index is 13.3. The Morgan fingerprint density at radius 2 is 1.94 bits per heavy atom. The molecule has 36 heavy (non-hydrogen) atoms. The minimum absolute atomic E-state index is 0.00196. The molecule has 2 heterocycles. The number of ether oxygens (including phenoxy) is 2. The van der Waals surface area contributed by atoms with Crippen molar-refractivity contribution < 1.29 is 33.4 Å². The van der Waals surface area contributed by atoms with Gasteiger partial charge in [0.15, 0.2) is 16.6 Å². The van der Waals surface area contributed by atoms with E-state index in [4.69, 9.17) is 31.2 Å². The number of furan rings is 1. The topological polar surface area (TPSA) is 118 Å². The molecule has 0 radical (unpaired) electrons. The Kier molecular flexibility index (Phi) is 7.22. The highest BCUT2D eigenvalue weighted by molar-refractivity contribution is 9.10. The maximum atomic E-state index is 13.3. The number of aromatic carboxylic acids is 1. The molecule has 1 aromatic heterocycles. The van der Waals surface area contributed by atoms with E-state index in [1.165, 1.54) is 30.2 Å². The molecule has 3 aromatic rings. The lowest BCUT2D eigenvalue weighted by atomic mass is 10.1. The second kappa shape index (κ2) is 10.3. The van der Waals surface area contributed by atoms with Crippen LogP contribution in [0.1, 0.15) is 27.4 Å². The number of rotatable bonds is 7. The summed E-state index contributed by atoms with van der Waals surface area (Å²) in [6.07, 6.45) is 1.44. The molecule has 2 N–H and O–H groups in total. The minimum atomic E-state index is -1.17. The number of carbonyl (C=O) groups excluding carboxylic acids is 2. The highest BCUT2D eigenvalue weighted by atomic mass is 79.9. The monoisotopic (exact) mass is 570 g/mol. The van der Waals surface area contributed by atoms with E-state index in [-0.39, 0.29) is 23.1 Å². The van der Waals surface area contributed by atoms with Crippen LogP contribution in [-0.4, -0.2) is 35.1 Å². The van der Waals surface area contributed by atoms with Crippen molar-refractivity contribution in [2.75, 3.05) is 12.0 Å². The lowest BCUT2D eigenvalue weighted by molar-refractivity contribution is -0.122. The molecule has 1 fully saturated rings. The Morgan fingerprint density at radius 3 is 2.61 bits per heavy atom. The predicted octanol–water partition coefficient (Wildman–Crippen LogP) is 4.47. The van der Waals surface area contributed by atoms with Gasteiger partial charge in [0.1, 0.15) is 17.9 Å². The van der Waals surface area contributed by atoms with E-state index in [9.17, 15) is 14.4 Å². The summed E-state index contributed by atoms with van der Waals surface area (Å²) in [6.45, 7) is 1.81. The average molecular weight is 571 g/mol. The first-order valence-electron chi connectivity index (χ1n) is 10.5. The number of amides is 2. The first kappa shape index (κ1) is 25.1. The van der Waals surface area contributed by atoms with E-state index < -0.39 is 17.8 Å². The molecule has 2 amide bonds. The van der Waals surface area contributed by atoms with Crippen molar-refractivity contribution in [2.45, 2.75) is 13.5 Å². The van der Waals surface area contributed by atoms with Crippen molar-refractivity contribution >= 4 is 62.8 Å². The Bertz CT molecular complexity index is 1430. The Labute approximate surface area is 219 Å². The number of nitrogens with zero attached hydrogens (tertiary/aromatic N) is 1. The molecule has 0 atom stereocenters. The molecule has 1 aliphatic heterocycles. The second-order valence-corrected chi connectivity index (χ2v) is 8.96. The molecule has 1 saturated heterocycles. The molecule has 184 valence electrons. The molecule has 9 nitrogen and oxygen atoms in total. The molecule has 0 bridgehead atoms. The molecular formula is C25H19BrN2O7S. The lowest BCUT2D eigenvalue weighted by Crippen LogP contribution is -2.54. The van der Waals surface area contributed by atoms with E-state index in [2.05, 4.69) is 21.2 Å². The number of carboxylic acid groups (broad SMARTS) is 1. The minimum Gasteiger partial charge on any atom is -0.493 e. The summed E-state index contributed by atoms with van der Waals surface area (Å²) in [5.74, 6) is -1.50. The number of nitrogens with one attached hydrogen (secondary N) is 1. The normalized spacial score (nSPS) is 14.7. The number of benzene rings is 2. The van der Waals surface area contributed by atoms with Gasteiger partial charge in [-0.1, -0.05) is 22.0 Å². The zero-order valence-corrected chi connectivity index (χ0v) is 21.4. The summed E-state index contributed by atoms with van der Waals surface area (Å²) in [5.41, 5.74) is 1.78. The average Bonchev–Trinajstić information content (AvgIpc) is 3.31. The van der Waals surface area contributed by atoms with Gasteiger partial charge in [0.05, 0.1) is 12.8 Å². The summed E-state index contributed by atoms with van der Waals surface area (Å²) < 4.78 is 17.1. The molecule has 0 spiro atoms. The van der Waals surface area contributed by atoms with Gasteiger partial charge in [-0.3, -0.25) is 19.8 Å². The fourth-order valence-corrected chi connectivity index (χ4v) is 4.27. The molecule has 0 aliphatic carbocycles. The van der Waals surface area contributed by atoms with E-state index in [0.29, 0.717) is 28.5 Å². The van der Waals surface area contributed by atoms with Crippen LogP contribution in [0.5, 0.6) is 11.5 Å². The van der Waals surface area contributed by atoms with Gasteiger partial charge in [-0.15, -0.1) is 0 Å². The van der Waals surface area contributed by atoms with E-state index >= 15 is 0 Å². The molecule has 1 aliphatic rings. The van der Waals surface area contributed by atoms with Crippen molar-refractivity contribution in [3.63, 3.8) is 0 Å². The van der Waals surface area contributed by atoms with Crippen LogP contribution in [0.15, 0.2) is 63.0 Å². The number of carbonyl (C=O) groups is 3. The molecule has 0 saturated carbocycles. The summed E-state index contributed by atoms with van der Waals surface area (Å²) in [4.78, 5) is 38.2. The predicted molar refractivity (Wildman–Crippen MR) is 138 cm³/mol. The van der Waals surface area contributed by atoms with Crippen LogP contribution in [0.3, 0.4) is 0 Å². The highest BCUT2D eigenvalue weighted by Crippen LogP contribution is 2.31. The number of anilines is 1. The molecule has 4 rings (SSSR count). The fourth-order valence-electron chi connectivity index (χ4n) is 3.53. The van der Waals surface area contributed by atoms with Crippen molar-refractivity contribution in [3.05, 3.63) is 81.2 Å². The van der Waals surface area contributed by atoms with E-state index in [1.807, 2.05) is 13.0 Å². The third kappa shape index (κ3) is 5.16. The smallest absolute Gasteiger partial charge is 0.371 e. The molecule has 0 unspecified atom stereocenters. The molecule has 11 heteroatoms. The van der Waals surface area contributed by atoms with Crippen LogP contribution in [-0.2, 0) is 16.2 Å². The summed E-state index contributed by atoms with van der Waals surface area (Å²) in [6, 6.07) is 13.1. The quantitative estimate of drug-likeness (QED) is 0.243. The number of halogens is 1. The van der Waals surface area contributed by atoms with Gasteiger partial charge >= 0.3 is 5.97 Å². The van der Waals surface area contributed by atoms with Crippen LogP contribution < -0.4 is 19.7 Å². The Balaban J connectivity index is 1.59. The van der Waals surface area contributed by atoms with Crippen LogP contribution >= 0.6 is 28.1 Å². The molecular weight excluding hydrogens is 552 g/mol. The summed E-state index contributed by atoms with van der Waals surface area (Å²) in [5, 5.41) is 11.5.